The number of amides is 1. The van der Waals surface area contributed by atoms with Crippen LogP contribution in [-0.4, -0.2) is 34.9 Å². The summed E-state index contributed by atoms with van der Waals surface area (Å²) in [6, 6.07) is 8.09. The molecule has 2 fully saturated rings. The quantitative estimate of drug-likeness (QED) is 0.658. The van der Waals surface area contributed by atoms with Crippen molar-refractivity contribution in [3.63, 3.8) is 0 Å². The number of hydrogen-bond acceptors (Lipinski definition) is 4. The summed E-state index contributed by atoms with van der Waals surface area (Å²) < 4.78 is 0. The highest BCUT2D eigenvalue weighted by Gasteiger charge is 2.56. The Morgan fingerprint density at radius 3 is 2.79 bits per heavy atom. The maximum Gasteiger partial charge on any atom is 0.273 e. The fourth-order valence-corrected chi connectivity index (χ4v) is 4.71. The third-order valence-corrected chi connectivity index (χ3v) is 6.04. The molecule has 1 unspecified atom stereocenters. The van der Waals surface area contributed by atoms with Gasteiger partial charge < -0.3 is 10.2 Å². The van der Waals surface area contributed by atoms with Crippen LogP contribution in [0.4, 0.5) is 0 Å². The first-order valence-corrected chi connectivity index (χ1v) is 9.13. The van der Waals surface area contributed by atoms with Gasteiger partial charge in [-0.3, -0.25) is 4.79 Å². The number of terminal acetylenes is 1. The zero-order valence-corrected chi connectivity index (χ0v) is 14.8. The molecule has 7 heteroatoms. The Balaban J connectivity index is 1.48. The Morgan fingerprint density at radius 2 is 2.12 bits per heavy atom. The van der Waals surface area contributed by atoms with E-state index in [4.69, 9.17) is 29.6 Å². The van der Waals surface area contributed by atoms with E-state index in [0.29, 0.717) is 33.6 Å². The molecule has 2 aliphatic rings. The van der Waals surface area contributed by atoms with Crippen molar-refractivity contribution in [3.8, 4) is 23.0 Å². The molecule has 1 aliphatic carbocycles. The van der Waals surface area contributed by atoms with E-state index in [1.54, 1.807) is 17.5 Å². The van der Waals surface area contributed by atoms with Crippen LogP contribution in [0.1, 0.15) is 10.5 Å². The summed E-state index contributed by atoms with van der Waals surface area (Å²) in [6.07, 6.45) is 5.27. The van der Waals surface area contributed by atoms with Gasteiger partial charge in [-0.1, -0.05) is 29.6 Å². The molecule has 1 N–H and O–H groups in total. The van der Waals surface area contributed by atoms with Gasteiger partial charge in [0.05, 0.1) is 5.02 Å². The number of piperidine rings is 1. The van der Waals surface area contributed by atoms with Gasteiger partial charge in [0, 0.05) is 53.0 Å². The van der Waals surface area contributed by atoms with Crippen LogP contribution in [-0.2, 0) is 0 Å². The lowest BCUT2D eigenvalue weighted by atomic mass is 10.2. The SMILES string of the molecule is C#CNC1[C@H]2CN(C(=O)c3csc(-c4ccc(Cl)cc4Cl)n3)C[C@@H]12. The highest BCUT2D eigenvalue weighted by Crippen LogP contribution is 2.45. The summed E-state index contributed by atoms with van der Waals surface area (Å²) in [7, 11) is 0. The Labute approximate surface area is 153 Å². The molecule has 2 heterocycles. The van der Waals surface area contributed by atoms with Gasteiger partial charge in [0.25, 0.3) is 5.91 Å². The van der Waals surface area contributed by atoms with Gasteiger partial charge in [0.2, 0.25) is 0 Å². The Bertz CT molecular complexity index is 848. The van der Waals surface area contributed by atoms with E-state index in [0.717, 1.165) is 23.7 Å². The van der Waals surface area contributed by atoms with Crippen molar-refractivity contribution in [1.29, 1.82) is 0 Å². The molecule has 122 valence electrons. The Morgan fingerprint density at radius 1 is 1.38 bits per heavy atom. The minimum Gasteiger partial charge on any atom is -0.342 e. The topological polar surface area (TPSA) is 45.2 Å². The van der Waals surface area contributed by atoms with E-state index < -0.39 is 0 Å². The van der Waals surface area contributed by atoms with Gasteiger partial charge in [-0.15, -0.1) is 11.3 Å². The molecule has 1 amide bonds. The second-order valence-electron chi connectivity index (χ2n) is 6.01. The normalized spacial score (nSPS) is 24.4. The largest absolute Gasteiger partial charge is 0.342 e. The van der Waals surface area contributed by atoms with Crippen LogP contribution in [0, 0.1) is 24.3 Å². The summed E-state index contributed by atoms with van der Waals surface area (Å²) >= 11 is 13.5. The number of aromatic nitrogens is 1. The van der Waals surface area contributed by atoms with Crippen molar-refractivity contribution in [1.82, 2.24) is 15.2 Å². The smallest absolute Gasteiger partial charge is 0.273 e. The zero-order chi connectivity index (χ0) is 16.8. The zero-order valence-electron chi connectivity index (χ0n) is 12.5. The number of likely N-dealkylation sites (tertiary alicyclic amines) is 1. The minimum absolute atomic E-state index is 0.0331. The van der Waals surface area contributed by atoms with Crippen molar-refractivity contribution < 1.29 is 4.79 Å². The van der Waals surface area contributed by atoms with Gasteiger partial charge in [0.15, 0.2) is 0 Å². The maximum atomic E-state index is 12.6. The summed E-state index contributed by atoms with van der Waals surface area (Å²) in [5.41, 5.74) is 1.25. The average molecular weight is 378 g/mol. The summed E-state index contributed by atoms with van der Waals surface area (Å²) in [6.45, 7) is 1.47. The summed E-state index contributed by atoms with van der Waals surface area (Å²) in [4.78, 5) is 18.9. The number of benzene rings is 1. The summed E-state index contributed by atoms with van der Waals surface area (Å²) in [5, 5.41) is 6.61. The lowest BCUT2D eigenvalue weighted by molar-refractivity contribution is 0.0767. The number of rotatable bonds is 3. The first-order valence-electron chi connectivity index (χ1n) is 7.50. The fourth-order valence-electron chi connectivity index (χ4n) is 3.32. The van der Waals surface area contributed by atoms with E-state index in [9.17, 15) is 4.79 Å². The Hall–Kier alpha value is -1.74. The molecule has 24 heavy (non-hydrogen) atoms. The third kappa shape index (κ3) is 2.65. The van der Waals surface area contributed by atoms with Crippen LogP contribution in [0.25, 0.3) is 10.6 Å². The standard InChI is InChI=1S/C17H13Cl2N3OS/c1-2-20-15-11-6-22(7-12(11)15)17(23)14-8-24-16(21-14)10-4-3-9(18)5-13(10)19/h1,3-5,8,11-12,15,20H,6-7H2/t11-,12+,15?. The number of carbonyl (C=O) groups is 1. The number of halogens is 2. The second kappa shape index (κ2) is 5.96. The molecule has 3 atom stereocenters. The molecule has 1 aromatic heterocycles. The average Bonchev–Trinajstić information content (AvgIpc) is 2.98. The fraction of sp³-hybridized carbons (Fsp3) is 0.294. The van der Waals surface area contributed by atoms with Crippen LogP contribution in [0.5, 0.6) is 0 Å². The molecule has 4 nitrogen and oxygen atoms in total. The van der Waals surface area contributed by atoms with Crippen LogP contribution in [0.15, 0.2) is 23.6 Å². The lowest BCUT2D eigenvalue weighted by Crippen LogP contribution is -2.34. The van der Waals surface area contributed by atoms with Crippen LogP contribution in [0.3, 0.4) is 0 Å². The number of nitrogens with zero attached hydrogens (tertiary/aromatic N) is 2. The van der Waals surface area contributed by atoms with Crippen LogP contribution >= 0.6 is 34.5 Å². The number of carbonyl (C=O) groups excluding carboxylic acids is 1. The predicted octanol–water partition coefficient (Wildman–Crippen LogP) is 3.37. The first kappa shape index (κ1) is 15.8. The van der Waals surface area contributed by atoms with Gasteiger partial charge >= 0.3 is 0 Å². The molecule has 1 aromatic carbocycles. The maximum absolute atomic E-state index is 12.6. The predicted molar refractivity (Wildman–Crippen MR) is 96.2 cm³/mol. The number of nitrogens with one attached hydrogen (secondary N) is 1. The van der Waals surface area contributed by atoms with E-state index in [-0.39, 0.29) is 5.91 Å². The number of fused-ring (bicyclic) bond motifs is 1. The van der Waals surface area contributed by atoms with Crippen LogP contribution < -0.4 is 5.32 Å². The van der Waals surface area contributed by atoms with Crippen molar-refractivity contribution in [2.75, 3.05) is 13.1 Å². The molecule has 0 radical (unpaired) electrons. The highest BCUT2D eigenvalue weighted by atomic mass is 35.5. The van der Waals surface area contributed by atoms with E-state index in [2.05, 4.69) is 16.3 Å². The molecular formula is C17H13Cl2N3OS. The third-order valence-electron chi connectivity index (χ3n) is 4.62. The first-order chi connectivity index (χ1) is 11.6. The number of hydrogen-bond donors (Lipinski definition) is 1. The van der Waals surface area contributed by atoms with Crippen molar-refractivity contribution in [3.05, 3.63) is 39.3 Å². The van der Waals surface area contributed by atoms with Crippen LogP contribution in [0.2, 0.25) is 10.0 Å². The van der Waals surface area contributed by atoms with E-state index in [1.165, 1.54) is 11.3 Å². The molecule has 2 aromatic rings. The number of thiazole rings is 1. The van der Waals surface area contributed by atoms with Gasteiger partial charge in [0.1, 0.15) is 10.7 Å². The van der Waals surface area contributed by atoms with Crippen molar-refractivity contribution in [2.45, 2.75) is 6.04 Å². The molecule has 1 saturated carbocycles. The minimum atomic E-state index is -0.0331. The van der Waals surface area contributed by atoms with E-state index in [1.807, 2.05) is 11.0 Å². The monoisotopic (exact) mass is 377 g/mol. The molecule has 1 aliphatic heterocycles. The molecule has 1 saturated heterocycles. The van der Waals surface area contributed by atoms with Gasteiger partial charge in [-0.25, -0.2) is 4.98 Å². The Kier molecular flexibility index (Phi) is 3.92. The second-order valence-corrected chi connectivity index (χ2v) is 7.72. The molecule has 0 bridgehead atoms. The molecular weight excluding hydrogens is 365 g/mol. The van der Waals surface area contributed by atoms with Crippen molar-refractivity contribution >= 4 is 40.4 Å². The van der Waals surface area contributed by atoms with E-state index >= 15 is 0 Å². The highest BCUT2D eigenvalue weighted by molar-refractivity contribution is 7.13. The summed E-state index contributed by atoms with van der Waals surface area (Å²) in [5.74, 6) is 0.900. The molecule has 4 rings (SSSR count). The van der Waals surface area contributed by atoms with Gasteiger partial charge in [-0.05, 0) is 18.2 Å². The van der Waals surface area contributed by atoms with Gasteiger partial charge in [-0.2, -0.15) is 0 Å². The van der Waals surface area contributed by atoms with Crippen molar-refractivity contribution in [2.24, 2.45) is 11.8 Å². The lowest BCUT2D eigenvalue weighted by Gasteiger charge is -2.18. The molecule has 0 spiro atoms.